The van der Waals surface area contributed by atoms with Crippen molar-refractivity contribution in [1.82, 2.24) is 0 Å². The minimum Gasteiger partial charge on any atom is -0.310 e. The number of hydrogen-bond acceptors (Lipinski definition) is 1. The fourth-order valence-corrected chi connectivity index (χ4v) is 6.26. The Hall–Kier alpha value is -4.69. The highest BCUT2D eigenvalue weighted by Gasteiger charge is 2.25. The van der Waals surface area contributed by atoms with Crippen LogP contribution in [0.3, 0.4) is 0 Å². The molecule has 2 heteroatoms. The molecule has 0 spiro atoms. The van der Waals surface area contributed by atoms with Crippen molar-refractivity contribution in [2.24, 2.45) is 0 Å². The second-order valence-corrected chi connectivity index (χ2v) is 11.8. The first kappa shape index (κ1) is 26.2. The van der Waals surface area contributed by atoms with Gasteiger partial charge in [0, 0.05) is 22.5 Å². The van der Waals surface area contributed by atoms with E-state index in [-0.39, 0.29) is 11.2 Å². The summed E-state index contributed by atoms with van der Waals surface area (Å²) in [4.78, 5) is 2.37. The molecule has 0 saturated heterocycles. The molecule has 2 aliphatic rings. The normalized spacial score (nSPS) is 17.6. The number of hydrogen-bond donors (Lipinski definition) is 0. The molecular weight excluding hydrogens is 513 g/mol. The van der Waals surface area contributed by atoms with Crippen molar-refractivity contribution in [3.05, 3.63) is 167 Å². The van der Waals surface area contributed by atoms with Crippen molar-refractivity contribution < 1.29 is 4.39 Å². The fourth-order valence-electron chi connectivity index (χ4n) is 6.26. The topological polar surface area (TPSA) is 3.24 Å². The summed E-state index contributed by atoms with van der Waals surface area (Å²) in [6.45, 7) is 2.31. The van der Waals surface area contributed by atoms with Crippen LogP contribution in [-0.2, 0) is 18.3 Å². The summed E-state index contributed by atoms with van der Waals surface area (Å²) in [5.74, 6) is -0.189. The van der Waals surface area contributed by atoms with Crippen LogP contribution in [0.15, 0.2) is 139 Å². The lowest BCUT2D eigenvalue weighted by Crippen LogP contribution is -2.21. The predicted molar refractivity (Wildman–Crippen MR) is 175 cm³/mol. The molecule has 5 aromatic rings. The molecular formula is C40H34FN. The van der Waals surface area contributed by atoms with E-state index in [0.29, 0.717) is 0 Å². The Morgan fingerprint density at radius 3 is 2.26 bits per heavy atom. The van der Waals surface area contributed by atoms with E-state index >= 15 is 0 Å². The summed E-state index contributed by atoms with van der Waals surface area (Å²) in [5, 5.41) is 2.48. The summed E-state index contributed by atoms with van der Waals surface area (Å²) >= 11 is 0. The standard InChI is InChI=1S/C40H34FN/c1-40(24-22-30(23-25-40)26-29-10-16-36(41)17-11-29)35-14-20-37(21-15-35)42(38-18-12-31-6-2-4-8-33(31)27-38)39-19-13-32-7-3-5-9-34(32)28-39/h2,4-6,8-24,27-28H,3,7,25-26H2,1H3. The molecule has 0 saturated carbocycles. The Labute approximate surface area is 248 Å². The predicted octanol–water partition coefficient (Wildman–Crippen LogP) is 10.8. The summed E-state index contributed by atoms with van der Waals surface area (Å²) < 4.78 is 13.3. The zero-order chi connectivity index (χ0) is 28.5. The quantitative estimate of drug-likeness (QED) is 0.204. The molecule has 0 fully saturated rings. The van der Waals surface area contributed by atoms with Gasteiger partial charge in [-0.15, -0.1) is 0 Å². The molecule has 0 N–H and O–H groups in total. The smallest absolute Gasteiger partial charge is 0.123 e. The first-order chi connectivity index (χ1) is 20.5. The Balaban J connectivity index is 1.20. The Morgan fingerprint density at radius 1 is 0.738 bits per heavy atom. The van der Waals surface area contributed by atoms with E-state index in [0.717, 1.165) is 42.6 Å². The van der Waals surface area contributed by atoms with Crippen molar-refractivity contribution in [3.8, 4) is 0 Å². The first-order valence-electron chi connectivity index (χ1n) is 14.9. The van der Waals surface area contributed by atoms with Gasteiger partial charge in [-0.1, -0.05) is 98.0 Å². The molecule has 1 unspecified atom stereocenters. The molecule has 0 radical (unpaired) electrons. The highest BCUT2D eigenvalue weighted by atomic mass is 19.1. The second-order valence-electron chi connectivity index (χ2n) is 11.8. The van der Waals surface area contributed by atoms with E-state index in [1.807, 2.05) is 12.1 Å². The van der Waals surface area contributed by atoms with Gasteiger partial charge < -0.3 is 4.90 Å². The third-order valence-electron chi connectivity index (χ3n) is 8.82. The number of aryl methyl sites for hydroxylation is 1. The molecule has 0 bridgehead atoms. The Kier molecular flexibility index (Phi) is 6.83. The average Bonchev–Trinajstić information content (AvgIpc) is 3.04. The Morgan fingerprint density at radius 2 is 1.48 bits per heavy atom. The largest absolute Gasteiger partial charge is 0.310 e. The van der Waals surface area contributed by atoms with Crippen molar-refractivity contribution in [2.45, 2.75) is 38.0 Å². The lowest BCUT2D eigenvalue weighted by Gasteiger charge is -2.31. The van der Waals surface area contributed by atoms with Gasteiger partial charge in [0.05, 0.1) is 0 Å². The molecule has 0 aliphatic heterocycles. The van der Waals surface area contributed by atoms with E-state index in [1.165, 1.54) is 50.9 Å². The van der Waals surface area contributed by atoms with Gasteiger partial charge in [0.1, 0.15) is 5.82 Å². The van der Waals surface area contributed by atoms with Crippen LogP contribution in [0.25, 0.3) is 16.8 Å². The van der Waals surface area contributed by atoms with Crippen molar-refractivity contribution >= 4 is 33.9 Å². The van der Waals surface area contributed by atoms with E-state index in [9.17, 15) is 4.39 Å². The van der Waals surface area contributed by atoms with Gasteiger partial charge in [0.15, 0.2) is 0 Å². The van der Waals surface area contributed by atoms with Gasteiger partial charge >= 0.3 is 0 Å². The summed E-state index contributed by atoms with van der Waals surface area (Å²) in [6, 6.07) is 38.1. The molecule has 5 aromatic carbocycles. The van der Waals surface area contributed by atoms with Gasteiger partial charge in [-0.3, -0.25) is 0 Å². The zero-order valence-electron chi connectivity index (χ0n) is 23.9. The highest BCUT2D eigenvalue weighted by Crippen LogP contribution is 2.40. The zero-order valence-corrected chi connectivity index (χ0v) is 23.9. The van der Waals surface area contributed by atoms with Gasteiger partial charge in [-0.25, -0.2) is 4.39 Å². The van der Waals surface area contributed by atoms with Crippen LogP contribution in [0.4, 0.5) is 21.5 Å². The lowest BCUT2D eigenvalue weighted by atomic mass is 9.75. The molecule has 0 aromatic heterocycles. The van der Waals surface area contributed by atoms with Gasteiger partial charge in [0.2, 0.25) is 0 Å². The molecule has 0 heterocycles. The van der Waals surface area contributed by atoms with Gasteiger partial charge in [-0.05, 0) is 113 Å². The van der Waals surface area contributed by atoms with Crippen LogP contribution in [0.2, 0.25) is 0 Å². The number of anilines is 3. The third-order valence-corrected chi connectivity index (χ3v) is 8.82. The third kappa shape index (κ3) is 5.21. The number of nitrogens with zero attached hydrogens (tertiary/aromatic N) is 1. The first-order valence-corrected chi connectivity index (χ1v) is 14.9. The SMILES string of the molecule is CC1(c2ccc(N(c3ccc4c(c3)C=CCC4)c3ccc4ccccc4c3)cc2)C=CC(Cc2ccc(F)cc2)=CC1. The molecule has 0 amide bonds. The van der Waals surface area contributed by atoms with E-state index < -0.39 is 0 Å². The maximum Gasteiger partial charge on any atom is 0.123 e. The maximum absolute atomic E-state index is 13.3. The van der Waals surface area contributed by atoms with Gasteiger partial charge in [-0.2, -0.15) is 0 Å². The van der Waals surface area contributed by atoms with Crippen LogP contribution in [0.1, 0.15) is 42.0 Å². The summed E-state index contributed by atoms with van der Waals surface area (Å²) in [7, 11) is 0. The van der Waals surface area contributed by atoms with Crippen molar-refractivity contribution in [1.29, 1.82) is 0 Å². The average molecular weight is 548 g/mol. The van der Waals surface area contributed by atoms with Crippen LogP contribution in [0.5, 0.6) is 0 Å². The molecule has 42 heavy (non-hydrogen) atoms. The minimum absolute atomic E-state index is 0.0742. The molecule has 1 atom stereocenters. The number of halogens is 1. The molecule has 1 nitrogen and oxygen atoms in total. The van der Waals surface area contributed by atoms with Crippen molar-refractivity contribution in [3.63, 3.8) is 0 Å². The monoisotopic (exact) mass is 547 g/mol. The maximum atomic E-state index is 13.3. The van der Waals surface area contributed by atoms with Crippen molar-refractivity contribution in [2.75, 3.05) is 4.90 Å². The number of benzene rings is 5. The number of allylic oxidation sites excluding steroid dienone is 5. The van der Waals surface area contributed by atoms with E-state index in [1.54, 1.807) is 0 Å². The highest BCUT2D eigenvalue weighted by molar-refractivity contribution is 5.89. The molecule has 206 valence electrons. The van der Waals surface area contributed by atoms with Gasteiger partial charge in [0.25, 0.3) is 0 Å². The second kappa shape index (κ2) is 10.9. The van der Waals surface area contributed by atoms with Crippen LogP contribution >= 0.6 is 0 Å². The van der Waals surface area contributed by atoms with E-state index in [4.69, 9.17) is 0 Å². The number of fused-ring (bicyclic) bond motifs is 2. The van der Waals surface area contributed by atoms with E-state index in [2.05, 4.69) is 127 Å². The Bertz CT molecular complexity index is 1840. The lowest BCUT2D eigenvalue weighted by molar-refractivity contribution is 0.595. The molecule has 2 aliphatic carbocycles. The summed E-state index contributed by atoms with van der Waals surface area (Å²) in [6.07, 6.45) is 15.4. The number of rotatable bonds is 6. The fraction of sp³-hybridized carbons (Fsp3) is 0.150. The molecule has 7 rings (SSSR count). The summed E-state index contributed by atoms with van der Waals surface area (Å²) in [5.41, 5.74) is 9.82. The van der Waals surface area contributed by atoms with Crippen LogP contribution < -0.4 is 4.90 Å². The minimum atomic E-state index is -0.189. The van der Waals surface area contributed by atoms with Crippen LogP contribution in [-0.4, -0.2) is 0 Å². The van der Waals surface area contributed by atoms with Crippen LogP contribution in [0, 0.1) is 5.82 Å².